The number of H-pyrrole nitrogens is 1. The van der Waals surface area contributed by atoms with Crippen molar-refractivity contribution in [3.8, 4) is 11.4 Å². The van der Waals surface area contributed by atoms with Crippen LogP contribution in [0.4, 0.5) is 0 Å². The van der Waals surface area contributed by atoms with Crippen molar-refractivity contribution in [1.29, 1.82) is 0 Å². The first kappa shape index (κ1) is 17.5. The number of hydrogen-bond acceptors (Lipinski definition) is 5. The van der Waals surface area contributed by atoms with Crippen LogP contribution in [0.3, 0.4) is 0 Å². The highest BCUT2D eigenvalue weighted by atomic mass is 32.2. The van der Waals surface area contributed by atoms with E-state index in [4.69, 9.17) is 4.42 Å². The summed E-state index contributed by atoms with van der Waals surface area (Å²) in [7, 11) is 0. The maximum atomic E-state index is 11.9. The van der Waals surface area contributed by atoms with Crippen LogP contribution < -0.4 is 5.63 Å². The van der Waals surface area contributed by atoms with Crippen molar-refractivity contribution < 1.29 is 4.42 Å². The Morgan fingerprint density at radius 1 is 1.04 bits per heavy atom. The lowest BCUT2D eigenvalue weighted by atomic mass is 10.0. The standard InChI is InChI=1S/C21H19N3O2S/c1-12-4-6-15(7-5-12)20-22-21(24-23-20)27-11-16-10-19(25)26-18-9-14(3)13(2)8-17(16)18/h4-10H,11H2,1-3H3,(H,22,23,24). The molecule has 6 heteroatoms. The van der Waals surface area contributed by atoms with Gasteiger partial charge in [-0.1, -0.05) is 41.6 Å². The Morgan fingerprint density at radius 2 is 1.78 bits per heavy atom. The van der Waals surface area contributed by atoms with Gasteiger partial charge in [0.2, 0.25) is 5.16 Å². The molecule has 0 saturated carbocycles. The fourth-order valence-electron chi connectivity index (χ4n) is 2.90. The van der Waals surface area contributed by atoms with Gasteiger partial charge in [-0.15, -0.1) is 5.10 Å². The third-order valence-electron chi connectivity index (χ3n) is 4.59. The van der Waals surface area contributed by atoms with Gasteiger partial charge in [-0.25, -0.2) is 9.78 Å². The van der Waals surface area contributed by atoms with Gasteiger partial charge < -0.3 is 4.42 Å². The molecule has 4 rings (SSSR count). The molecule has 5 nitrogen and oxygen atoms in total. The van der Waals surface area contributed by atoms with E-state index in [-0.39, 0.29) is 5.63 Å². The molecule has 0 fully saturated rings. The molecular formula is C21H19N3O2S. The monoisotopic (exact) mass is 377 g/mol. The van der Waals surface area contributed by atoms with Crippen LogP contribution in [0.1, 0.15) is 22.3 Å². The SMILES string of the molecule is Cc1ccc(-c2nc(SCc3cc(=O)oc4cc(C)c(C)cc34)n[nH]2)cc1. The van der Waals surface area contributed by atoms with Crippen LogP contribution >= 0.6 is 11.8 Å². The Hall–Kier alpha value is -2.86. The number of rotatable bonds is 4. The number of aryl methyl sites for hydroxylation is 3. The van der Waals surface area contributed by atoms with E-state index in [9.17, 15) is 4.79 Å². The van der Waals surface area contributed by atoms with E-state index in [1.165, 1.54) is 22.9 Å². The van der Waals surface area contributed by atoms with Crippen molar-refractivity contribution in [3.05, 3.63) is 75.1 Å². The van der Waals surface area contributed by atoms with Crippen molar-refractivity contribution in [1.82, 2.24) is 15.2 Å². The molecule has 136 valence electrons. The van der Waals surface area contributed by atoms with Crippen LogP contribution in [-0.2, 0) is 5.75 Å². The van der Waals surface area contributed by atoms with Gasteiger partial charge in [0, 0.05) is 22.8 Å². The Bertz CT molecular complexity index is 1180. The zero-order chi connectivity index (χ0) is 19.0. The summed E-state index contributed by atoms with van der Waals surface area (Å²) in [6, 6.07) is 13.7. The summed E-state index contributed by atoms with van der Waals surface area (Å²) in [4.78, 5) is 16.5. The molecule has 1 N–H and O–H groups in total. The molecule has 2 heterocycles. The molecule has 0 aliphatic carbocycles. The minimum atomic E-state index is -0.336. The molecule has 0 aliphatic heterocycles. The fraction of sp³-hybridized carbons (Fsp3) is 0.190. The summed E-state index contributed by atoms with van der Waals surface area (Å²) in [6.07, 6.45) is 0. The molecule has 0 saturated heterocycles. The van der Waals surface area contributed by atoms with Crippen LogP contribution in [0.25, 0.3) is 22.4 Å². The van der Waals surface area contributed by atoms with Crippen LogP contribution in [0, 0.1) is 20.8 Å². The second-order valence-electron chi connectivity index (χ2n) is 6.64. The summed E-state index contributed by atoms with van der Waals surface area (Å²) >= 11 is 1.49. The van der Waals surface area contributed by atoms with E-state index in [1.54, 1.807) is 6.07 Å². The van der Waals surface area contributed by atoms with Crippen LogP contribution in [0.2, 0.25) is 0 Å². The molecular weight excluding hydrogens is 358 g/mol. The third kappa shape index (κ3) is 3.66. The first-order valence-electron chi connectivity index (χ1n) is 8.66. The van der Waals surface area contributed by atoms with E-state index < -0.39 is 0 Å². The third-order valence-corrected chi connectivity index (χ3v) is 5.49. The summed E-state index contributed by atoms with van der Waals surface area (Å²) in [5.41, 5.74) is 5.68. The van der Waals surface area contributed by atoms with E-state index >= 15 is 0 Å². The van der Waals surface area contributed by atoms with Gasteiger partial charge in [0.15, 0.2) is 5.82 Å². The lowest BCUT2D eigenvalue weighted by Crippen LogP contribution is -2.00. The second-order valence-corrected chi connectivity index (χ2v) is 7.59. The predicted molar refractivity (Wildman–Crippen MR) is 108 cm³/mol. The van der Waals surface area contributed by atoms with Crippen molar-refractivity contribution in [2.75, 3.05) is 0 Å². The summed E-state index contributed by atoms with van der Waals surface area (Å²) in [5, 5.41) is 8.88. The molecule has 0 bridgehead atoms. The van der Waals surface area contributed by atoms with Gasteiger partial charge >= 0.3 is 5.63 Å². The number of aromatic nitrogens is 3. The molecule has 0 atom stereocenters. The quantitative estimate of drug-likeness (QED) is 0.409. The van der Waals surface area contributed by atoms with Gasteiger partial charge in [-0.3, -0.25) is 5.10 Å². The maximum absolute atomic E-state index is 11.9. The van der Waals surface area contributed by atoms with Crippen molar-refractivity contribution >= 4 is 22.7 Å². The van der Waals surface area contributed by atoms with Crippen LogP contribution in [-0.4, -0.2) is 15.2 Å². The van der Waals surface area contributed by atoms with Gasteiger partial charge in [0.05, 0.1) is 0 Å². The fourth-order valence-corrected chi connectivity index (χ4v) is 3.69. The van der Waals surface area contributed by atoms with Crippen molar-refractivity contribution in [2.24, 2.45) is 0 Å². The maximum Gasteiger partial charge on any atom is 0.336 e. The molecule has 2 aromatic carbocycles. The lowest BCUT2D eigenvalue weighted by Gasteiger charge is -2.07. The number of nitrogens with one attached hydrogen (secondary N) is 1. The van der Waals surface area contributed by atoms with Crippen LogP contribution in [0.5, 0.6) is 0 Å². The average molecular weight is 377 g/mol. The Morgan fingerprint density at radius 3 is 2.56 bits per heavy atom. The van der Waals surface area contributed by atoms with Gasteiger partial charge in [0.25, 0.3) is 0 Å². The molecule has 0 radical (unpaired) electrons. The smallest absolute Gasteiger partial charge is 0.336 e. The number of thioether (sulfide) groups is 1. The zero-order valence-electron chi connectivity index (χ0n) is 15.4. The van der Waals surface area contributed by atoms with Gasteiger partial charge in [-0.05, 0) is 49.6 Å². The number of benzene rings is 2. The minimum Gasteiger partial charge on any atom is -0.423 e. The lowest BCUT2D eigenvalue weighted by molar-refractivity contribution is 0.559. The Labute approximate surface area is 160 Å². The molecule has 0 unspecified atom stereocenters. The predicted octanol–water partition coefficient (Wildman–Crippen LogP) is 4.80. The van der Waals surface area contributed by atoms with Gasteiger partial charge in [-0.2, -0.15) is 0 Å². The van der Waals surface area contributed by atoms with Crippen LogP contribution in [0.15, 0.2) is 56.8 Å². The summed E-state index contributed by atoms with van der Waals surface area (Å²) in [6.45, 7) is 6.12. The molecule has 2 aromatic heterocycles. The van der Waals surface area contributed by atoms with Crippen molar-refractivity contribution in [2.45, 2.75) is 31.7 Å². The van der Waals surface area contributed by atoms with E-state index in [2.05, 4.69) is 35.1 Å². The minimum absolute atomic E-state index is 0.336. The van der Waals surface area contributed by atoms with E-state index in [1.807, 2.05) is 37.3 Å². The largest absolute Gasteiger partial charge is 0.423 e. The zero-order valence-corrected chi connectivity index (χ0v) is 16.2. The summed E-state index contributed by atoms with van der Waals surface area (Å²) in [5.74, 6) is 1.33. The Balaban J connectivity index is 1.60. The Kier molecular flexibility index (Phi) is 4.58. The van der Waals surface area contributed by atoms with E-state index in [0.29, 0.717) is 16.5 Å². The highest BCUT2D eigenvalue weighted by Gasteiger charge is 2.11. The topological polar surface area (TPSA) is 71.8 Å². The normalized spacial score (nSPS) is 11.2. The van der Waals surface area contributed by atoms with Crippen molar-refractivity contribution in [3.63, 3.8) is 0 Å². The highest BCUT2D eigenvalue weighted by Crippen LogP contribution is 2.27. The molecule has 0 amide bonds. The molecule has 0 spiro atoms. The first-order valence-corrected chi connectivity index (χ1v) is 9.64. The molecule has 4 aromatic rings. The highest BCUT2D eigenvalue weighted by molar-refractivity contribution is 7.98. The average Bonchev–Trinajstić information content (AvgIpc) is 3.11. The second kappa shape index (κ2) is 7.04. The summed E-state index contributed by atoms with van der Waals surface area (Å²) < 4.78 is 5.36. The number of hydrogen-bond donors (Lipinski definition) is 1. The van der Waals surface area contributed by atoms with E-state index in [0.717, 1.165) is 27.9 Å². The van der Waals surface area contributed by atoms with Gasteiger partial charge in [0.1, 0.15) is 5.58 Å². The first-order chi connectivity index (χ1) is 13.0. The molecule has 27 heavy (non-hydrogen) atoms. The molecule has 0 aliphatic rings. The number of aromatic amines is 1. The number of fused-ring (bicyclic) bond motifs is 1. The number of nitrogens with zero attached hydrogens (tertiary/aromatic N) is 2.